The summed E-state index contributed by atoms with van der Waals surface area (Å²) in [7, 11) is 0. The molecule has 0 N–H and O–H groups in total. The van der Waals surface area contributed by atoms with E-state index in [0.717, 1.165) is 18.0 Å². The van der Waals surface area contributed by atoms with E-state index >= 15 is 0 Å². The summed E-state index contributed by atoms with van der Waals surface area (Å²) in [4.78, 5) is 4.21. The fraction of sp³-hybridized carbons (Fsp3) is 0.375. The third-order valence-electron chi connectivity index (χ3n) is 1.68. The van der Waals surface area contributed by atoms with Crippen molar-refractivity contribution in [2.75, 3.05) is 0 Å². The van der Waals surface area contributed by atoms with Crippen LogP contribution in [0.5, 0.6) is 0 Å². The van der Waals surface area contributed by atoms with E-state index in [-0.39, 0.29) is 6.10 Å². The number of nitrogens with zero attached hydrogens (tertiary/aromatic N) is 1. The Balaban J connectivity index is 2.31. The van der Waals surface area contributed by atoms with E-state index in [2.05, 4.69) is 11.1 Å². The smallest absolute Gasteiger partial charge is 0.185 e. The second kappa shape index (κ2) is 1.97. The van der Waals surface area contributed by atoms with Gasteiger partial charge in [0.15, 0.2) is 5.90 Å². The van der Waals surface area contributed by atoms with Crippen molar-refractivity contribution in [2.24, 2.45) is 4.99 Å². The van der Waals surface area contributed by atoms with Gasteiger partial charge in [0.25, 0.3) is 0 Å². The fourth-order valence-corrected chi connectivity index (χ4v) is 1.23. The van der Waals surface area contributed by atoms with Gasteiger partial charge >= 0.3 is 0 Å². The van der Waals surface area contributed by atoms with Crippen molar-refractivity contribution in [3.63, 3.8) is 0 Å². The minimum atomic E-state index is 0.213. The highest BCUT2D eigenvalue weighted by Crippen LogP contribution is 2.23. The maximum absolute atomic E-state index is 5.40. The molecule has 1 unspecified atom stereocenters. The zero-order chi connectivity index (χ0) is 6.97. The lowest BCUT2D eigenvalue weighted by atomic mass is 10.1. The SMILES string of the molecule is CC1=NC2=CC=CCC2O1. The Hall–Kier alpha value is -1.05. The monoisotopic (exact) mass is 135 g/mol. The van der Waals surface area contributed by atoms with Gasteiger partial charge in [-0.1, -0.05) is 12.2 Å². The third kappa shape index (κ3) is 0.764. The average molecular weight is 135 g/mol. The number of rotatable bonds is 0. The summed E-state index contributed by atoms with van der Waals surface area (Å²) in [6.07, 6.45) is 7.31. The van der Waals surface area contributed by atoms with Gasteiger partial charge in [0.2, 0.25) is 0 Å². The molecular weight excluding hydrogens is 126 g/mol. The molecule has 0 amide bonds. The van der Waals surface area contributed by atoms with Gasteiger partial charge in [-0.05, 0) is 6.08 Å². The van der Waals surface area contributed by atoms with Crippen LogP contribution in [0.3, 0.4) is 0 Å². The molecule has 0 bridgehead atoms. The van der Waals surface area contributed by atoms with Crippen LogP contribution in [0.15, 0.2) is 28.9 Å². The first-order chi connectivity index (χ1) is 4.86. The van der Waals surface area contributed by atoms with Crippen LogP contribution in [-0.2, 0) is 4.74 Å². The van der Waals surface area contributed by atoms with Crippen LogP contribution in [-0.4, -0.2) is 12.0 Å². The Morgan fingerprint density at radius 1 is 1.70 bits per heavy atom. The molecule has 1 aliphatic carbocycles. The Morgan fingerprint density at radius 2 is 2.60 bits per heavy atom. The molecule has 0 aromatic rings. The predicted octanol–water partition coefficient (Wildman–Crippen LogP) is 1.65. The van der Waals surface area contributed by atoms with Crippen molar-refractivity contribution in [2.45, 2.75) is 19.4 Å². The van der Waals surface area contributed by atoms with Gasteiger partial charge in [-0.2, -0.15) is 0 Å². The van der Waals surface area contributed by atoms with Gasteiger partial charge in [0.05, 0.1) is 5.70 Å². The summed E-state index contributed by atoms with van der Waals surface area (Å²) in [5.74, 6) is 0.792. The van der Waals surface area contributed by atoms with Crippen molar-refractivity contribution in [1.29, 1.82) is 0 Å². The van der Waals surface area contributed by atoms with E-state index in [1.54, 1.807) is 0 Å². The third-order valence-corrected chi connectivity index (χ3v) is 1.68. The molecule has 2 nitrogen and oxygen atoms in total. The highest BCUT2D eigenvalue weighted by atomic mass is 16.5. The molecule has 52 valence electrons. The van der Waals surface area contributed by atoms with Crippen molar-refractivity contribution in [3.8, 4) is 0 Å². The highest BCUT2D eigenvalue weighted by molar-refractivity contribution is 5.77. The Labute approximate surface area is 59.9 Å². The summed E-state index contributed by atoms with van der Waals surface area (Å²) in [5.41, 5.74) is 1.07. The minimum absolute atomic E-state index is 0.213. The van der Waals surface area contributed by atoms with E-state index in [1.165, 1.54) is 0 Å². The Bertz CT molecular complexity index is 238. The molecule has 1 aliphatic heterocycles. The average Bonchev–Trinajstić information content (AvgIpc) is 2.27. The van der Waals surface area contributed by atoms with Crippen molar-refractivity contribution in [3.05, 3.63) is 23.9 Å². The molecule has 1 atom stereocenters. The van der Waals surface area contributed by atoms with Gasteiger partial charge in [-0.25, -0.2) is 4.99 Å². The maximum atomic E-state index is 5.40. The lowest BCUT2D eigenvalue weighted by Crippen LogP contribution is -2.10. The predicted molar refractivity (Wildman–Crippen MR) is 39.8 cm³/mol. The maximum Gasteiger partial charge on any atom is 0.185 e. The molecule has 1 heterocycles. The van der Waals surface area contributed by atoms with Crippen LogP contribution >= 0.6 is 0 Å². The summed E-state index contributed by atoms with van der Waals surface area (Å²) < 4.78 is 5.40. The van der Waals surface area contributed by atoms with Crippen LogP contribution < -0.4 is 0 Å². The lowest BCUT2D eigenvalue weighted by molar-refractivity contribution is 0.245. The minimum Gasteiger partial charge on any atom is -0.471 e. The topological polar surface area (TPSA) is 21.6 Å². The number of aliphatic imine (C=N–C) groups is 1. The summed E-state index contributed by atoms with van der Waals surface area (Å²) in [6, 6.07) is 0. The first-order valence-corrected chi connectivity index (χ1v) is 3.45. The van der Waals surface area contributed by atoms with Crippen molar-refractivity contribution >= 4 is 5.90 Å². The molecule has 0 saturated carbocycles. The molecular formula is C8H9NO. The molecule has 0 aromatic carbocycles. The van der Waals surface area contributed by atoms with Gasteiger partial charge < -0.3 is 4.74 Å². The second-order valence-corrected chi connectivity index (χ2v) is 2.49. The van der Waals surface area contributed by atoms with Gasteiger partial charge in [0, 0.05) is 13.3 Å². The summed E-state index contributed by atoms with van der Waals surface area (Å²) >= 11 is 0. The van der Waals surface area contributed by atoms with Crippen LogP contribution in [0.2, 0.25) is 0 Å². The van der Waals surface area contributed by atoms with E-state index < -0.39 is 0 Å². The molecule has 10 heavy (non-hydrogen) atoms. The first kappa shape index (κ1) is 5.71. The quantitative estimate of drug-likeness (QED) is 0.495. The molecule has 2 heteroatoms. The van der Waals surface area contributed by atoms with Crippen molar-refractivity contribution in [1.82, 2.24) is 0 Å². The molecule has 0 fully saturated rings. The van der Waals surface area contributed by atoms with E-state index in [9.17, 15) is 0 Å². The number of hydrogen-bond donors (Lipinski definition) is 0. The largest absolute Gasteiger partial charge is 0.471 e. The number of hydrogen-bond acceptors (Lipinski definition) is 2. The number of ether oxygens (including phenoxy) is 1. The Kier molecular flexibility index (Phi) is 1.13. The molecule has 0 aromatic heterocycles. The molecule has 0 saturated heterocycles. The molecule has 0 spiro atoms. The fourth-order valence-electron chi connectivity index (χ4n) is 1.23. The van der Waals surface area contributed by atoms with Crippen LogP contribution in [0, 0.1) is 0 Å². The zero-order valence-corrected chi connectivity index (χ0v) is 5.87. The van der Waals surface area contributed by atoms with E-state index in [0.29, 0.717) is 0 Å². The first-order valence-electron chi connectivity index (χ1n) is 3.45. The van der Waals surface area contributed by atoms with Gasteiger partial charge in [-0.15, -0.1) is 0 Å². The standard InChI is InChI=1S/C8H9NO/c1-6-9-7-4-2-3-5-8(7)10-6/h2-4,8H,5H2,1H3. The van der Waals surface area contributed by atoms with Gasteiger partial charge in [0.1, 0.15) is 6.10 Å². The van der Waals surface area contributed by atoms with Gasteiger partial charge in [-0.3, -0.25) is 0 Å². The van der Waals surface area contributed by atoms with Crippen LogP contribution in [0.25, 0.3) is 0 Å². The normalized spacial score (nSPS) is 28.7. The van der Waals surface area contributed by atoms with Crippen LogP contribution in [0.1, 0.15) is 13.3 Å². The highest BCUT2D eigenvalue weighted by Gasteiger charge is 2.22. The van der Waals surface area contributed by atoms with Crippen LogP contribution in [0.4, 0.5) is 0 Å². The molecule has 2 aliphatic rings. The van der Waals surface area contributed by atoms with Crippen molar-refractivity contribution < 1.29 is 4.74 Å². The van der Waals surface area contributed by atoms with E-state index in [4.69, 9.17) is 4.74 Å². The lowest BCUT2D eigenvalue weighted by Gasteiger charge is -2.10. The molecule has 0 radical (unpaired) electrons. The van der Waals surface area contributed by atoms with E-state index in [1.807, 2.05) is 19.1 Å². The summed E-state index contributed by atoms with van der Waals surface area (Å²) in [5, 5.41) is 0. The number of fused-ring (bicyclic) bond motifs is 1. The summed E-state index contributed by atoms with van der Waals surface area (Å²) in [6.45, 7) is 1.89. The zero-order valence-electron chi connectivity index (χ0n) is 5.87. The number of allylic oxidation sites excluding steroid dienone is 2. The Morgan fingerprint density at radius 3 is 3.40 bits per heavy atom. The second-order valence-electron chi connectivity index (χ2n) is 2.49. The molecule has 2 rings (SSSR count).